The van der Waals surface area contributed by atoms with Crippen LogP contribution < -0.4 is 22.9 Å². The number of aliphatic hydroxyl groups is 2. The fraction of sp³-hybridized carbons (Fsp3) is 0.941. The van der Waals surface area contributed by atoms with Crippen LogP contribution in [-0.2, 0) is 19.0 Å². The van der Waals surface area contributed by atoms with Gasteiger partial charge >= 0.3 is 0 Å². The lowest BCUT2D eigenvalue weighted by Gasteiger charge is -2.50. The molecule has 2 aliphatic rings. The first-order valence-corrected chi connectivity index (χ1v) is 9.56. The number of carbonyl (C=O) groups excluding carboxylic acids is 1. The van der Waals surface area contributed by atoms with Crippen LogP contribution in [0.25, 0.3) is 0 Å². The zero-order valence-electron chi connectivity index (χ0n) is 18.3. The molecule has 0 spiro atoms. The molecule has 0 aromatic rings. The maximum atomic E-state index is 12.1. The molecule has 1 saturated heterocycles. The monoisotopic (exact) mass is 549 g/mol. The second-order valence-electron chi connectivity index (χ2n) is 7.70. The first kappa shape index (κ1) is 36.8. The molecule has 11 nitrogen and oxygen atoms in total. The van der Waals surface area contributed by atoms with E-state index in [4.69, 9.17) is 37.1 Å². The van der Waals surface area contributed by atoms with Crippen molar-refractivity contribution in [2.45, 2.75) is 80.7 Å². The van der Waals surface area contributed by atoms with Gasteiger partial charge < -0.3 is 52.3 Å². The van der Waals surface area contributed by atoms with Crippen LogP contribution in [0.1, 0.15) is 19.8 Å². The highest BCUT2D eigenvalue weighted by molar-refractivity contribution is 5.86. The molecule has 2 fully saturated rings. The molecule has 0 aromatic heterocycles. The Morgan fingerprint density at radius 1 is 1.12 bits per heavy atom. The molecule has 10 atom stereocenters. The van der Waals surface area contributed by atoms with Crippen LogP contribution >= 0.6 is 49.6 Å². The van der Waals surface area contributed by atoms with Gasteiger partial charge in [-0.05, 0) is 19.8 Å². The van der Waals surface area contributed by atoms with Crippen LogP contribution in [0.15, 0.2) is 0 Å². The third kappa shape index (κ3) is 7.91. The van der Waals surface area contributed by atoms with Crippen molar-refractivity contribution in [3.05, 3.63) is 0 Å². The van der Waals surface area contributed by atoms with Gasteiger partial charge in [0.15, 0.2) is 6.29 Å². The van der Waals surface area contributed by atoms with Gasteiger partial charge in [0.25, 0.3) is 0 Å². The highest BCUT2D eigenvalue weighted by Gasteiger charge is 2.53. The summed E-state index contributed by atoms with van der Waals surface area (Å²) < 4.78 is 17.1. The lowest BCUT2D eigenvalue weighted by molar-refractivity contribution is -0.267. The van der Waals surface area contributed by atoms with E-state index in [9.17, 15) is 15.0 Å². The van der Waals surface area contributed by atoms with Gasteiger partial charge in [0.2, 0.25) is 5.91 Å². The van der Waals surface area contributed by atoms with Gasteiger partial charge in [-0.1, -0.05) is 0 Å². The molecule has 0 unspecified atom stereocenters. The Bertz CT molecular complexity index is 544. The van der Waals surface area contributed by atoms with Gasteiger partial charge in [-0.15, -0.1) is 49.6 Å². The topological polar surface area (TPSA) is 193 Å². The molecule has 2 rings (SSSR count). The number of rotatable bonds is 6. The van der Waals surface area contributed by atoms with Crippen molar-refractivity contribution in [3.8, 4) is 0 Å². The zero-order valence-corrected chi connectivity index (χ0v) is 21.6. The number of likely N-dealkylation sites (N-methyl/N-ethyl adjacent to an activating group) is 1. The summed E-state index contributed by atoms with van der Waals surface area (Å²) in [6, 6.07) is -2.55. The number of amides is 1. The number of carbonyl (C=O) groups is 1. The molecule has 32 heavy (non-hydrogen) atoms. The Kier molecular flexibility index (Phi) is 18.5. The first-order valence-electron chi connectivity index (χ1n) is 9.56. The number of halogens is 4. The molecular weight excluding hydrogens is 512 g/mol. The van der Waals surface area contributed by atoms with E-state index in [2.05, 4.69) is 0 Å². The van der Waals surface area contributed by atoms with Crippen molar-refractivity contribution in [1.29, 1.82) is 0 Å². The number of ether oxygens (including phenoxy) is 3. The van der Waals surface area contributed by atoms with Crippen LogP contribution in [0.4, 0.5) is 0 Å². The van der Waals surface area contributed by atoms with Crippen molar-refractivity contribution in [1.82, 2.24) is 4.90 Å². The fourth-order valence-corrected chi connectivity index (χ4v) is 3.95. The molecule has 196 valence electrons. The average molecular weight is 551 g/mol. The van der Waals surface area contributed by atoms with Crippen LogP contribution in [0, 0.1) is 0 Å². The summed E-state index contributed by atoms with van der Waals surface area (Å²) in [7, 11) is 2.85. The summed E-state index contributed by atoms with van der Waals surface area (Å²) >= 11 is 0. The summed E-state index contributed by atoms with van der Waals surface area (Å²) in [6.07, 6.45) is -4.16. The molecule has 0 radical (unpaired) electrons. The highest BCUT2D eigenvalue weighted by Crippen LogP contribution is 2.31. The second kappa shape index (κ2) is 16.0. The number of methoxy groups -OCH3 is 1. The van der Waals surface area contributed by atoms with Crippen LogP contribution in [-0.4, -0.2) is 103 Å². The SMILES string of the molecule is CO[C@H]1[C@@H](O)[C@H](N)[C@@H](O[C@H]2O[C@H]([C@H](C)N)CC[C@H]2N)[C@H](O)[C@@H]1N(C)C(=O)CN.Cl.Cl.Cl.Cl. The fourth-order valence-electron chi connectivity index (χ4n) is 3.95. The molecule has 10 N–H and O–H groups in total. The van der Waals surface area contributed by atoms with E-state index in [0.29, 0.717) is 12.8 Å². The van der Waals surface area contributed by atoms with E-state index in [0.717, 1.165) is 0 Å². The number of aliphatic hydroxyl groups excluding tert-OH is 2. The Hall–Kier alpha value is 0.270. The van der Waals surface area contributed by atoms with Crippen molar-refractivity contribution < 1.29 is 29.2 Å². The van der Waals surface area contributed by atoms with E-state index in [1.54, 1.807) is 0 Å². The Morgan fingerprint density at radius 3 is 2.16 bits per heavy atom. The summed E-state index contributed by atoms with van der Waals surface area (Å²) in [5, 5.41) is 21.6. The molecule has 1 heterocycles. The smallest absolute Gasteiger partial charge is 0.236 e. The summed E-state index contributed by atoms with van der Waals surface area (Å²) in [5.74, 6) is -0.421. The third-order valence-corrected chi connectivity index (χ3v) is 5.74. The summed E-state index contributed by atoms with van der Waals surface area (Å²) in [4.78, 5) is 13.3. The molecule has 1 saturated carbocycles. The molecule has 0 aromatic carbocycles. The van der Waals surface area contributed by atoms with Crippen molar-refractivity contribution >= 4 is 55.5 Å². The maximum absolute atomic E-state index is 12.1. The van der Waals surface area contributed by atoms with Crippen LogP contribution in [0.5, 0.6) is 0 Å². The predicted molar refractivity (Wildman–Crippen MR) is 130 cm³/mol. The molecule has 0 bridgehead atoms. The van der Waals surface area contributed by atoms with Crippen LogP contribution in [0.3, 0.4) is 0 Å². The average Bonchev–Trinajstić information content (AvgIpc) is 2.67. The minimum Gasteiger partial charge on any atom is -0.389 e. The third-order valence-electron chi connectivity index (χ3n) is 5.74. The number of nitrogens with zero attached hydrogens (tertiary/aromatic N) is 1. The molecule has 1 aliphatic carbocycles. The normalized spacial score (nSPS) is 37.5. The molecular formula is C17H39Cl4N5O6. The Labute approximate surface area is 213 Å². The minimum atomic E-state index is -1.25. The molecule has 1 aliphatic heterocycles. The Balaban J connectivity index is -0.00000210. The predicted octanol–water partition coefficient (Wildman–Crippen LogP) is -1.90. The van der Waals surface area contributed by atoms with E-state index < -0.39 is 54.7 Å². The van der Waals surface area contributed by atoms with E-state index in [-0.39, 0.29) is 68.3 Å². The Morgan fingerprint density at radius 2 is 1.69 bits per heavy atom. The lowest BCUT2D eigenvalue weighted by atomic mass is 9.80. The van der Waals surface area contributed by atoms with E-state index in [1.165, 1.54) is 19.1 Å². The largest absolute Gasteiger partial charge is 0.389 e. The van der Waals surface area contributed by atoms with Crippen molar-refractivity contribution in [2.24, 2.45) is 22.9 Å². The quantitative estimate of drug-likeness (QED) is 0.217. The number of nitrogens with two attached hydrogens (primary N) is 4. The molecule has 15 heteroatoms. The van der Waals surface area contributed by atoms with Gasteiger partial charge in [-0.25, -0.2) is 0 Å². The first-order chi connectivity index (χ1) is 13.1. The van der Waals surface area contributed by atoms with Crippen LogP contribution in [0.2, 0.25) is 0 Å². The summed E-state index contributed by atoms with van der Waals surface area (Å²) in [6.45, 7) is 1.58. The maximum Gasteiger partial charge on any atom is 0.236 e. The van der Waals surface area contributed by atoms with Gasteiger partial charge in [0.1, 0.15) is 18.3 Å². The van der Waals surface area contributed by atoms with Gasteiger partial charge in [-0.3, -0.25) is 4.79 Å². The highest BCUT2D eigenvalue weighted by atomic mass is 35.5. The van der Waals surface area contributed by atoms with Crippen molar-refractivity contribution in [2.75, 3.05) is 20.7 Å². The van der Waals surface area contributed by atoms with Gasteiger partial charge in [0.05, 0.1) is 36.9 Å². The summed E-state index contributed by atoms with van der Waals surface area (Å²) in [5.41, 5.74) is 23.6. The van der Waals surface area contributed by atoms with Crippen molar-refractivity contribution in [3.63, 3.8) is 0 Å². The molecule has 1 amide bonds. The van der Waals surface area contributed by atoms with Gasteiger partial charge in [0, 0.05) is 20.2 Å². The zero-order chi connectivity index (χ0) is 21.2. The number of hydrogen-bond donors (Lipinski definition) is 6. The van der Waals surface area contributed by atoms with E-state index >= 15 is 0 Å². The second-order valence-corrected chi connectivity index (χ2v) is 7.70. The minimum absolute atomic E-state index is 0. The van der Waals surface area contributed by atoms with Gasteiger partial charge in [-0.2, -0.15) is 0 Å². The van der Waals surface area contributed by atoms with E-state index in [1.807, 2.05) is 6.92 Å². The number of hydrogen-bond acceptors (Lipinski definition) is 10. The lowest BCUT2D eigenvalue weighted by Crippen LogP contribution is -2.72. The standard InChI is InChI=1S/C17H35N5O6.4ClH/c1-7(19)9-5-4-8(20)17(27-9)28-15-11(21)13(24)16(26-3)12(14(15)25)22(2)10(23)6-18;;;;/h7-9,11-17,24-25H,4-6,18-21H2,1-3H3;4*1H/t7-,8+,9-,11-,12-,13-,14+,15+,16+,17+;;;;/m0..../s1.